The lowest BCUT2D eigenvalue weighted by Crippen LogP contribution is -2.06. The summed E-state index contributed by atoms with van der Waals surface area (Å²) in [5.74, 6) is -0.384. The smallest absolute Gasteiger partial charge is 0.358 e. The third-order valence-corrected chi connectivity index (χ3v) is 3.11. The maximum Gasteiger partial charge on any atom is 0.358 e. The first-order valence-electron chi connectivity index (χ1n) is 5.50. The van der Waals surface area contributed by atoms with Crippen molar-refractivity contribution in [3.63, 3.8) is 0 Å². The van der Waals surface area contributed by atoms with Crippen molar-refractivity contribution in [2.45, 2.75) is 13.8 Å². The number of ether oxygens (including phenoxy) is 1. The molecule has 0 aliphatic rings. The second-order valence-electron chi connectivity index (χ2n) is 3.67. The highest BCUT2D eigenvalue weighted by atomic mass is 32.1. The molecule has 0 bridgehead atoms. The largest absolute Gasteiger partial charge is 0.461 e. The van der Waals surface area contributed by atoms with Gasteiger partial charge in [-0.15, -0.1) is 11.3 Å². The lowest BCUT2D eigenvalue weighted by atomic mass is 10.4. The molecule has 0 fully saturated rings. The molecule has 2 rings (SSSR count). The van der Waals surface area contributed by atoms with Crippen LogP contribution in [0.2, 0.25) is 0 Å². The number of rotatable bonds is 4. The van der Waals surface area contributed by atoms with Crippen molar-refractivity contribution in [2.24, 2.45) is 7.05 Å². The molecule has 0 unspecified atom stereocenters. The standard InChI is InChI=1S/C11H14N4O2S/c1-4-17-10(16)9-7(2)18-11(14-9)13-8-5-12-15(3)6-8/h5-6H,4H2,1-3H3,(H,13,14). The molecule has 2 aromatic heterocycles. The van der Waals surface area contributed by atoms with Crippen LogP contribution in [0.3, 0.4) is 0 Å². The summed E-state index contributed by atoms with van der Waals surface area (Å²) in [7, 11) is 1.84. The van der Waals surface area contributed by atoms with Gasteiger partial charge in [-0.05, 0) is 13.8 Å². The number of aryl methyl sites for hydroxylation is 2. The Labute approximate surface area is 109 Å². The number of thiazole rings is 1. The molecule has 0 aromatic carbocycles. The van der Waals surface area contributed by atoms with Crippen LogP contribution in [0.25, 0.3) is 0 Å². The first-order chi connectivity index (χ1) is 8.60. The Balaban J connectivity index is 2.16. The van der Waals surface area contributed by atoms with E-state index in [0.29, 0.717) is 17.4 Å². The fraction of sp³-hybridized carbons (Fsp3) is 0.364. The molecule has 96 valence electrons. The monoisotopic (exact) mass is 266 g/mol. The van der Waals surface area contributed by atoms with Crippen LogP contribution in [-0.2, 0) is 11.8 Å². The van der Waals surface area contributed by atoms with E-state index >= 15 is 0 Å². The second-order valence-corrected chi connectivity index (χ2v) is 4.88. The van der Waals surface area contributed by atoms with Crippen LogP contribution in [0, 0.1) is 6.92 Å². The number of hydrogen-bond donors (Lipinski definition) is 1. The molecule has 1 N–H and O–H groups in total. The zero-order chi connectivity index (χ0) is 13.1. The molecule has 0 amide bonds. The lowest BCUT2D eigenvalue weighted by molar-refractivity contribution is 0.0519. The van der Waals surface area contributed by atoms with Gasteiger partial charge in [0.25, 0.3) is 0 Å². The van der Waals surface area contributed by atoms with Gasteiger partial charge in [0.15, 0.2) is 10.8 Å². The maximum atomic E-state index is 11.6. The highest BCUT2D eigenvalue weighted by molar-refractivity contribution is 7.15. The fourth-order valence-electron chi connectivity index (χ4n) is 1.45. The Bertz CT molecular complexity index is 561. The molecular formula is C11H14N4O2S. The van der Waals surface area contributed by atoms with E-state index in [-0.39, 0.29) is 5.97 Å². The minimum absolute atomic E-state index is 0.348. The topological polar surface area (TPSA) is 69.0 Å². The quantitative estimate of drug-likeness (QED) is 0.858. The molecule has 0 saturated carbocycles. The van der Waals surface area contributed by atoms with E-state index in [0.717, 1.165) is 10.6 Å². The summed E-state index contributed by atoms with van der Waals surface area (Å²) in [4.78, 5) is 16.7. The van der Waals surface area contributed by atoms with Crippen LogP contribution >= 0.6 is 11.3 Å². The van der Waals surface area contributed by atoms with Crippen molar-refractivity contribution in [1.29, 1.82) is 0 Å². The summed E-state index contributed by atoms with van der Waals surface area (Å²) < 4.78 is 6.63. The van der Waals surface area contributed by atoms with Gasteiger partial charge < -0.3 is 10.1 Å². The minimum atomic E-state index is -0.384. The van der Waals surface area contributed by atoms with Gasteiger partial charge in [-0.2, -0.15) is 5.10 Å². The van der Waals surface area contributed by atoms with Crippen molar-refractivity contribution in [3.8, 4) is 0 Å². The number of aromatic nitrogens is 3. The molecule has 0 aliphatic heterocycles. The van der Waals surface area contributed by atoms with E-state index in [1.54, 1.807) is 17.8 Å². The summed E-state index contributed by atoms with van der Waals surface area (Å²) in [5.41, 5.74) is 1.20. The third-order valence-electron chi connectivity index (χ3n) is 2.22. The predicted octanol–water partition coefficient (Wildman–Crippen LogP) is 2.11. The third kappa shape index (κ3) is 2.67. The number of nitrogens with zero attached hydrogens (tertiary/aromatic N) is 3. The van der Waals surface area contributed by atoms with Gasteiger partial charge >= 0.3 is 5.97 Å². The summed E-state index contributed by atoms with van der Waals surface area (Å²) in [5, 5.41) is 7.80. The van der Waals surface area contributed by atoms with Gasteiger partial charge in [0.2, 0.25) is 0 Å². The average molecular weight is 266 g/mol. The maximum absolute atomic E-state index is 11.6. The molecule has 0 spiro atoms. The van der Waals surface area contributed by atoms with Crippen LogP contribution in [-0.4, -0.2) is 27.3 Å². The Morgan fingerprint density at radius 1 is 1.61 bits per heavy atom. The zero-order valence-electron chi connectivity index (χ0n) is 10.4. The highest BCUT2D eigenvalue weighted by Gasteiger charge is 2.16. The summed E-state index contributed by atoms with van der Waals surface area (Å²) in [6.45, 7) is 3.97. The van der Waals surface area contributed by atoms with Crippen LogP contribution in [0.4, 0.5) is 10.8 Å². The molecule has 18 heavy (non-hydrogen) atoms. The van der Waals surface area contributed by atoms with Gasteiger partial charge in [0.1, 0.15) is 0 Å². The SMILES string of the molecule is CCOC(=O)c1nc(Nc2cnn(C)c2)sc1C. The van der Waals surface area contributed by atoms with Gasteiger partial charge in [-0.25, -0.2) is 9.78 Å². The molecule has 0 atom stereocenters. The number of carbonyl (C=O) groups excluding carboxylic acids is 1. The van der Waals surface area contributed by atoms with E-state index < -0.39 is 0 Å². The van der Waals surface area contributed by atoms with Gasteiger partial charge in [-0.3, -0.25) is 4.68 Å². The molecule has 6 nitrogen and oxygen atoms in total. The molecule has 7 heteroatoms. The molecule has 2 heterocycles. The number of anilines is 2. The van der Waals surface area contributed by atoms with E-state index in [9.17, 15) is 4.79 Å². The number of esters is 1. The average Bonchev–Trinajstić information content (AvgIpc) is 2.86. The van der Waals surface area contributed by atoms with Crippen molar-refractivity contribution < 1.29 is 9.53 Å². The Morgan fingerprint density at radius 2 is 2.39 bits per heavy atom. The van der Waals surface area contributed by atoms with E-state index in [1.807, 2.05) is 20.2 Å². The van der Waals surface area contributed by atoms with Crippen LogP contribution < -0.4 is 5.32 Å². The Hall–Kier alpha value is -1.89. The van der Waals surface area contributed by atoms with Crippen LogP contribution in [0.1, 0.15) is 22.3 Å². The van der Waals surface area contributed by atoms with E-state index in [2.05, 4.69) is 15.4 Å². The predicted molar refractivity (Wildman–Crippen MR) is 69.3 cm³/mol. The van der Waals surface area contributed by atoms with Crippen molar-refractivity contribution in [2.75, 3.05) is 11.9 Å². The van der Waals surface area contributed by atoms with Crippen molar-refractivity contribution in [3.05, 3.63) is 23.0 Å². The minimum Gasteiger partial charge on any atom is -0.461 e. The normalized spacial score (nSPS) is 10.4. The van der Waals surface area contributed by atoms with Gasteiger partial charge in [0.05, 0.1) is 18.5 Å². The molecule has 0 radical (unpaired) electrons. The number of hydrogen-bond acceptors (Lipinski definition) is 6. The lowest BCUT2D eigenvalue weighted by Gasteiger charge is -1.98. The summed E-state index contributed by atoms with van der Waals surface area (Å²) in [6.07, 6.45) is 3.53. The summed E-state index contributed by atoms with van der Waals surface area (Å²) >= 11 is 1.41. The number of carbonyl (C=O) groups is 1. The fourth-order valence-corrected chi connectivity index (χ4v) is 2.27. The molecule has 0 saturated heterocycles. The summed E-state index contributed by atoms with van der Waals surface area (Å²) in [6, 6.07) is 0. The molecule has 0 aliphatic carbocycles. The second kappa shape index (κ2) is 5.18. The van der Waals surface area contributed by atoms with Crippen molar-refractivity contribution >= 4 is 28.1 Å². The van der Waals surface area contributed by atoms with Crippen LogP contribution in [0.15, 0.2) is 12.4 Å². The zero-order valence-corrected chi connectivity index (χ0v) is 11.2. The molecule has 2 aromatic rings. The first-order valence-corrected chi connectivity index (χ1v) is 6.32. The van der Waals surface area contributed by atoms with Gasteiger partial charge in [-0.1, -0.05) is 0 Å². The highest BCUT2D eigenvalue weighted by Crippen LogP contribution is 2.25. The van der Waals surface area contributed by atoms with E-state index in [4.69, 9.17) is 4.74 Å². The van der Waals surface area contributed by atoms with Crippen molar-refractivity contribution in [1.82, 2.24) is 14.8 Å². The van der Waals surface area contributed by atoms with Crippen LogP contribution in [0.5, 0.6) is 0 Å². The Kier molecular flexibility index (Phi) is 3.61. The van der Waals surface area contributed by atoms with E-state index in [1.165, 1.54) is 11.3 Å². The Morgan fingerprint density at radius 3 is 3.00 bits per heavy atom. The van der Waals surface area contributed by atoms with Gasteiger partial charge in [0, 0.05) is 18.1 Å². The first kappa shape index (κ1) is 12.6. The number of nitrogens with one attached hydrogen (secondary N) is 1. The molecular weight excluding hydrogens is 252 g/mol.